The zero-order chi connectivity index (χ0) is 11.3. The summed E-state index contributed by atoms with van der Waals surface area (Å²) in [6, 6.07) is 6.69. The van der Waals surface area contributed by atoms with Gasteiger partial charge in [0.15, 0.2) is 0 Å². The molecule has 2 N–H and O–H groups in total. The number of nitrogens with one attached hydrogen (secondary N) is 1. The minimum atomic E-state index is 0.210. The third kappa shape index (κ3) is 3.65. The number of benzene rings is 1. The number of hydrogen-bond donors (Lipinski definition) is 2. The molecule has 0 saturated heterocycles. The van der Waals surface area contributed by atoms with Gasteiger partial charge < -0.3 is 10.4 Å². The fourth-order valence-electron chi connectivity index (χ4n) is 1.58. The Kier molecular flexibility index (Phi) is 4.79. The van der Waals surface area contributed by atoms with Crippen LogP contribution in [0.25, 0.3) is 0 Å². The van der Waals surface area contributed by atoms with E-state index in [4.69, 9.17) is 5.11 Å². The van der Waals surface area contributed by atoms with E-state index in [0.717, 1.165) is 13.0 Å². The van der Waals surface area contributed by atoms with Crippen LogP contribution in [0.5, 0.6) is 0 Å². The summed E-state index contributed by atoms with van der Waals surface area (Å²) in [6.45, 7) is 7.35. The van der Waals surface area contributed by atoms with E-state index >= 15 is 0 Å². The first-order valence-corrected chi connectivity index (χ1v) is 5.57. The van der Waals surface area contributed by atoms with Crippen molar-refractivity contribution in [3.05, 3.63) is 34.9 Å². The highest BCUT2D eigenvalue weighted by Gasteiger charge is 2.04. The molecule has 1 aromatic carbocycles. The first-order chi connectivity index (χ1) is 7.17. The molecule has 1 rings (SSSR count). The van der Waals surface area contributed by atoms with Crippen molar-refractivity contribution in [3.8, 4) is 0 Å². The zero-order valence-corrected chi connectivity index (χ0v) is 9.88. The molecule has 0 unspecified atom stereocenters. The second-order valence-corrected chi connectivity index (χ2v) is 4.10. The molecule has 0 aromatic heterocycles. The Morgan fingerprint density at radius 3 is 2.67 bits per heavy atom. The fourth-order valence-corrected chi connectivity index (χ4v) is 1.58. The highest BCUT2D eigenvalue weighted by atomic mass is 16.3. The average Bonchev–Trinajstić information content (AvgIpc) is 2.24. The lowest BCUT2D eigenvalue weighted by molar-refractivity contribution is 0.238. The van der Waals surface area contributed by atoms with E-state index < -0.39 is 0 Å². The molecule has 0 amide bonds. The SMILES string of the molecule is CC[C@@H](CO)NCc1cc(C)ccc1C. The summed E-state index contributed by atoms with van der Waals surface area (Å²) in [5.74, 6) is 0. The lowest BCUT2D eigenvalue weighted by atomic mass is 10.1. The van der Waals surface area contributed by atoms with Crippen LogP contribution >= 0.6 is 0 Å². The van der Waals surface area contributed by atoms with Gasteiger partial charge in [-0.1, -0.05) is 30.7 Å². The summed E-state index contributed by atoms with van der Waals surface area (Å²) in [4.78, 5) is 0. The molecule has 1 aromatic rings. The lowest BCUT2D eigenvalue weighted by Crippen LogP contribution is -2.31. The molecule has 0 radical (unpaired) electrons. The van der Waals surface area contributed by atoms with Gasteiger partial charge in [0.25, 0.3) is 0 Å². The van der Waals surface area contributed by atoms with Crippen molar-refractivity contribution >= 4 is 0 Å². The number of rotatable bonds is 5. The molecule has 0 aliphatic heterocycles. The van der Waals surface area contributed by atoms with E-state index in [0.29, 0.717) is 0 Å². The van der Waals surface area contributed by atoms with Gasteiger partial charge in [-0.05, 0) is 31.4 Å². The van der Waals surface area contributed by atoms with Crippen molar-refractivity contribution in [2.75, 3.05) is 6.61 Å². The summed E-state index contributed by atoms with van der Waals surface area (Å²) < 4.78 is 0. The third-order valence-electron chi connectivity index (χ3n) is 2.80. The fraction of sp³-hybridized carbons (Fsp3) is 0.538. The van der Waals surface area contributed by atoms with E-state index in [1.807, 2.05) is 0 Å². The molecule has 2 heteroatoms. The summed E-state index contributed by atoms with van der Waals surface area (Å²) in [6.07, 6.45) is 0.960. The Balaban J connectivity index is 2.60. The van der Waals surface area contributed by atoms with E-state index in [-0.39, 0.29) is 12.6 Å². The predicted octanol–water partition coefficient (Wildman–Crippen LogP) is 2.16. The van der Waals surface area contributed by atoms with Crippen LogP contribution in [0.2, 0.25) is 0 Å². The molecule has 2 nitrogen and oxygen atoms in total. The van der Waals surface area contributed by atoms with Crippen LogP contribution in [0, 0.1) is 13.8 Å². The molecular formula is C13H21NO. The van der Waals surface area contributed by atoms with E-state index in [1.165, 1.54) is 16.7 Å². The number of aryl methyl sites for hydroxylation is 2. The maximum atomic E-state index is 9.07. The van der Waals surface area contributed by atoms with Crippen molar-refractivity contribution < 1.29 is 5.11 Å². The summed E-state index contributed by atoms with van der Waals surface area (Å²) in [7, 11) is 0. The topological polar surface area (TPSA) is 32.3 Å². The van der Waals surface area contributed by atoms with E-state index in [1.54, 1.807) is 0 Å². The van der Waals surface area contributed by atoms with Gasteiger partial charge in [-0.3, -0.25) is 0 Å². The Bertz CT molecular complexity index is 305. The van der Waals surface area contributed by atoms with Crippen LogP contribution in [0.15, 0.2) is 18.2 Å². The van der Waals surface area contributed by atoms with Gasteiger partial charge in [-0.25, -0.2) is 0 Å². The first-order valence-electron chi connectivity index (χ1n) is 5.57. The highest BCUT2D eigenvalue weighted by molar-refractivity contribution is 5.30. The molecule has 0 aliphatic carbocycles. The van der Waals surface area contributed by atoms with Gasteiger partial charge in [-0.2, -0.15) is 0 Å². The minimum Gasteiger partial charge on any atom is -0.395 e. The lowest BCUT2D eigenvalue weighted by Gasteiger charge is -2.15. The Hall–Kier alpha value is -0.860. The molecule has 1 atom stereocenters. The van der Waals surface area contributed by atoms with Gasteiger partial charge in [0.1, 0.15) is 0 Å². The molecule has 0 aliphatic rings. The molecule has 0 saturated carbocycles. The predicted molar refractivity (Wildman–Crippen MR) is 63.9 cm³/mol. The zero-order valence-electron chi connectivity index (χ0n) is 9.88. The quantitative estimate of drug-likeness (QED) is 0.775. The van der Waals surface area contributed by atoms with Crippen LogP contribution < -0.4 is 5.32 Å². The summed E-state index contributed by atoms with van der Waals surface area (Å²) >= 11 is 0. The summed E-state index contributed by atoms with van der Waals surface area (Å²) in [5.41, 5.74) is 3.91. The van der Waals surface area contributed by atoms with Gasteiger partial charge >= 0.3 is 0 Å². The van der Waals surface area contributed by atoms with Crippen LogP contribution in [0.1, 0.15) is 30.0 Å². The average molecular weight is 207 g/mol. The Labute approximate surface area is 92.3 Å². The second-order valence-electron chi connectivity index (χ2n) is 4.10. The van der Waals surface area contributed by atoms with Crippen LogP contribution in [0.4, 0.5) is 0 Å². The van der Waals surface area contributed by atoms with E-state index in [9.17, 15) is 0 Å². The Morgan fingerprint density at radius 1 is 1.33 bits per heavy atom. The molecule has 0 spiro atoms. The largest absolute Gasteiger partial charge is 0.395 e. The van der Waals surface area contributed by atoms with Crippen molar-refractivity contribution in [3.63, 3.8) is 0 Å². The van der Waals surface area contributed by atoms with Crippen molar-refractivity contribution in [1.29, 1.82) is 0 Å². The monoisotopic (exact) mass is 207 g/mol. The molecule has 0 heterocycles. The van der Waals surface area contributed by atoms with Gasteiger partial charge in [-0.15, -0.1) is 0 Å². The van der Waals surface area contributed by atoms with Crippen LogP contribution in [-0.4, -0.2) is 17.8 Å². The second kappa shape index (κ2) is 5.89. The smallest absolute Gasteiger partial charge is 0.0584 e. The van der Waals surface area contributed by atoms with Gasteiger partial charge in [0.05, 0.1) is 6.61 Å². The van der Waals surface area contributed by atoms with Crippen molar-refractivity contribution in [2.24, 2.45) is 0 Å². The number of aliphatic hydroxyl groups is 1. The van der Waals surface area contributed by atoms with Crippen molar-refractivity contribution in [2.45, 2.75) is 39.8 Å². The first kappa shape index (κ1) is 12.2. The molecule has 0 bridgehead atoms. The molecule has 0 fully saturated rings. The number of aliphatic hydroxyl groups excluding tert-OH is 1. The maximum absolute atomic E-state index is 9.07. The normalized spacial score (nSPS) is 12.8. The van der Waals surface area contributed by atoms with Crippen LogP contribution in [0.3, 0.4) is 0 Å². The van der Waals surface area contributed by atoms with Crippen LogP contribution in [-0.2, 0) is 6.54 Å². The molecular weight excluding hydrogens is 186 g/mol. The van der Waals surface area contributed by atoms with E-state index in [2.05, 4.69) is 44.3 Å². The molecule has 15 heavy (non-hydrogen) atoms. The van der Waals surface area contributed by atoms with Gasteiger partial charge in [0, 0.05) is 12.6 Å². The number of hydrogen-bond acceptors (Lipinski definition) is 2. The van der Waals surface area contributed by atoms with Crippen molar-refractivity contribution in [1.82, 2.24) is 5.32 Å². The molecule has 84 valence electrons. The minimum absolute atomic E-state index is 0.210. The highest BCUT2D eigenvalue weighted by Crippen LogP contribution is 2.10. The maximum Gasteiger partial charge on any atom is 0.0584 e. The van der Waals surface area contributed by atoms with Gasteiger partial charge in [0.2, 0.25) is 0 Å². The third-order valence-corrected chi connectivity index (χ3v) is 2.80. The summed E-state index contributed by atoms with van der Waals surface area (Å²) in [5, 5.41) is 12.4. The standard InChI is InChI=1S/C13H21NO/c1-4-13(9-15)14-8-12-7-10(2)5-6-11(12)3/h5-7,13-15H,4,8-9H2,1-3H3/t13-/m0/s1. The Morgan fingerprint density at radius 2 is 2.07 bits per heavy atom.